The van der Waals surface area contributed by atoms with E-state index in [4.69, 9.17) is 14.2 Å². The van der Waals surface area contributed by atoms with Crippen molar-refractivity contribution in [3.8, 4) is 11.5 Å². The number of benzene rings is 1. The molecule has 0 saturated carbocycles. The highest BCUT2D eigenvalue weighted by atomic mass is 127. The van der Waals surface area contributed by atoms with Gasteiger partial charge in [-0.25, -0.2) is 0 Å². The van der Waals surface area contributed by atoms with Crippen LogP contribution >= 0.6 is 24.0 Å². The van der Waals surface area contributed by atoms with Gasteiger partial charge in [0.2, 0.25) is 0 Å². The lowest BCUT2D eigenvalue weighted by atomic mass is 10.1. The van der Waals surface area contributed by atoms with Gasteiger partial charge in [0, 0.05) is 65.1 Å². The van der Waals surface area contributed by atoms with Crippen LogP contribution in [0.4, 0.5) is 0 Å². The van der Waals surface area contributed by atoms with E-state index in [2.05, 4.69) is 26.2 Å². The van der Waals surface area contributed by atoms with Crippen LogP contribution in [0.15, 0.2) is 23.2 Å². The molecule has 1 aromatic rings. The molecule has 2 rings (SSSR count). The van der Waals surface area contributed by atoms with Crippen LogP contribution in [-0.2, 0) is 11.3 Å². The molecule has 1 N–H and O–H groups in total. The van der Waals surface area contributed by atoms with Crippen LogP contribution in [-0.4, -0.2) is 83.0 Å². The van der Waals surface area contributed by atoms with Gasteiger partial charge in [0.15, 0.2) is 5.96 Å². The molecular weight excluding hydrogens is 471 g/mol. The number of nitrogens with zero attached hydrogens (tertiary/aromatic N) is 3. The highest BCUT2D eigenvalue weighted by molar-refractivity contribution is 14.0. The van der Waals surface area contributed by atoms with E-state index < -0.39 is 0 Å². The van der Waals surface area contributed by atoms with Crippen molar-refractivity contribution in [1.82, 2.24) is 15.1 Å². The Kier molecular flexibility index (Phi) is 12.2. The molecule has 0 aromatic heterocycles. The Morgan fingerprint density at radius 2 is 1.89 bits per heavy atom. The number of hydrogen-bond donors (Lipinski definition) is 1. The van der Waals surface area contributed by atoms with Gasteiger partial charge in [0.05, 0.1) is 14.2 Å². The van der Waals surface area contributed by atoms with Crippen LogP contribution in [0.1, 0.15) is 18.9 Å². The van der Waals surface area contributed by atoms with Crippen LogP contribution in [0.3, 0.4) is 0 Å². The van der Waals surface area contributed by atoms with E-state index in [1.807, 2.05) is 26.1 Å². The summed E-state index contributed by atoms with van der Waals surface area (Å²) in [7, 11) is 5.25. The second-order valence-corrected chi connectivity index (χ2v) is 6.47. The summed E-state index contributed by atoms with van der Waals surface area (Å²) in [5.74, 6) is 2.75. The molecule has 8 heteroatoms. The zero-order chi connectivity index (χ0) is 19.5. The molecule has 1 aliphatic heterocycles. The number of halogens is 1. The lowest BCUT2D eigenvalue weighted by Gasteiger charge is -2.36. The predicted molar refractivity (Wildman–Crippen MR) is 124 cm³/mol. The second kappa shape index (κ2) is 13.8. The first-order valence-electron chi connectivity index (χ1n) is 9.68. The van der Waals surface area contributed by atoms with E-state index in [0.717, 1.165) is 81.9 Å². The molecule has 0 aliphatic carbocycles. The number of hydrogen-bond acceptors (Lipinski definition) is 5. The Hall–Kier alpha value is -1.26. The Morgan fingerprint density at radius 3 is 2.50 bits per heavy atom. The highest BCUT2D eigenvalue weighted by Crippen LogP contribution is 2.25. The molecule has 0 spiro atoms. The molecule has 1 aromatic carbocycles. The van der Waals surface area contributed by atoms with Crippen molar-refractivity contribution in [2.45, 2.75) is 19.9 Å². The first kappa shape index (κ1) is 24.8. The zero-order valence-corrected chi connectivity index (χ0v) is 19.9. The fourth-order valence-electron chi connectivity index (χ4n) is 3.22. The van der Waals surface area contributed by atoms with Crippen LogP contribution in [0, 0.1) is 0 Å². The summed E-state index contributed by atoms with van der Waals surface area (Å²) in [5.41, 5.74) is 1.16. The number of piperazine rings is 1. The molecule has 0 radical (unpaired) electrons. The Labute approximate surface area is 186 Å². The normalized spacial score (nSPS) is 15.1. The fraction of sp³-hybridized carbons (Fsp3) is 0.650. The van der Waals surface area contributed by atoms with Gasteiger partial charge in [0.1, 0.15) is 11.5 Å². The summed E-state index contributed by atoms with van der Waals surface area (Å²) in [6.07, 6.45) is 0.989. The topological polar surface area (TPSA) is 58.6 Å². The molecule has 0 unspecified atom stereocenters. The number of methoxy groups -OCH3 is 2. The third-order valence-electron chi connectivity index (χ3n) is 4.72. The average Bonchev–Trinajstić information content (AvgIpc) is 2.71. The van der Waals surface area contributed by atoms with Crippen LogP contribution in [0.5, 0.6) is 11.5 Å². The maximum Gasteiger partial charge on any atom is 0.193 e. The van der Waals surface area contributed by atoms with Crippen molar-refractivity contribution in [1.29, 1.82) is 0 Å². The molecule has 0 atom stereocenters. The maximum absolute atomic E-state index is 5.50. The highest BCUT2D eigenvalue weighted by Gasteiger charge is 2.20. The van der Waals surface area contributed by atoms with Crippen molar-refractivity contribution < 1.29 is 14.2 Å². The van der Waals surface area contributed by atoms with Crippen molar-refractivity contribution in [3.63, 3.8) is 0 Å². The summed E-state index contributed by atoms with van der Waals surface area (Å²) in [6.45, 7) is 9.20. The van der Waals surface area contributed by atoms with Gasteiger partial charge in [-0.3, -0.25) is 9.89 Å². The number of ether oxygens (including phenoxy) is 3. The van der Waals surface area contributed by atoms with Crippen LogP contribution in [0.25, 0.3) is 0 Å². The number of rotatable bonds is 9. The molecule has 1 aliphatic rings. The van der Waals surface area contributed by atoms with Gasteiger partial charge < -0.3 is 24.4 Å². The predicted octanol–water partition coefficient (Wildman–Crippen LogP) is 2.44. The quantitative estimate of drug-likeness (QED) is 0.241. The van der Waals surface area contributed by atoms with Gasteiger partial charge in [-0.05, 0) is 31.5 Å². The summed E-state index contributed by atoms with van der Waals surface area (Å²) in [6, 6.07) is 5.96. The van der Waals surface area contributed by atoms with Gasteiger partial charge in [-0.15, -0.1) is 24.0 Å². The Bertz CT molecular complexity index is 593. The summed E-state index contributed by atoms with van der Waals surface area (Å²) >= 11 is 0. The van der Waals surface area contributed by atoms with Gasteiger partial charge in [0.25, 0.3) is 0 Å². The van der Waals surface area contributed by atoms with Crippen LogP contribution in [0.2, 0.25) is 0 Å². The summed E-state index contributed by atoms with van der Waals surface area (Å²) in [4.78, 5) is 9.18. The molecular formula is C20H35IN4O3. The molecule has 1 fully saturated rings. The minimum atomic E-state index is 0. The van der Waals surface area contributed by atoms with Crippen LogP contribution < -0.4 is 14.8 Å². The summed E-state index contributed by atoms with van der Waals surface area (Å²) in [5, 5.41) is 3.44. The fourth-order valence-corrected chi connectivity index (χ4v) is 3.22. The van der Waals surface area contributed by atoms with E-state index in [-0.39, 0.29) is 24.0 Å². The number of nitrogens with one attached hydrogen (secondary N) is 1. The van der Waals surface area contributed by atoms with E-state index >= 15 is 0 Å². The summed E-state index contributed by atoms with van der Waals surface area (Å²) < 4.78 is 16.2. The van der Waals surface area contributed by atoms with Crippen molar-refractivity contribution in [3.05, 3.63) is 23.8 Å². The average molecular weight is 506 g/mol. The van der Waals surface area contributed by atoms with Gasteiger partial charge >= 0.3 is 0 Å². The third-order valence-corrected chi connectivity index (χ3v) is 4.72. The minimum absolute atomic E-state index is 0. The molecule has 0 bridgehead atoms. The molecule has 28 heavy (non-hydrogen) atoms. The maximum atomic E-state index is 5.50. The largest absolute Gasteiger partial charge is 0.497 e. The van der Waals surface area contributed by atoms with Gasteiger partial charge in [-0.2, -0.15) is 0 Å². The second-order valence-electron chi connectivity index (χ2n) is 6.47. The van der Waals surface area contributed by atoms with E-state index in [1.165, 1.54) is 0 Å². The smallest absolute Gasteiger partial charge is 0.193 e. The monoisotopic (exact) mass is 506 g/mol. The van der Waals surface area contributed by atoms with E-state index in [0.29, 0.717) is 0 Å². The molecule has 1 saturated heterocycles. The van der Waals surface area contributed by atoms with Gasteiger partial charge in [-0.1, -0.05) is 0 Å². The van der Waals surface area contributed by atoms with E-state index in [9.17, 15) is 0 Å². The van der Waals surface area contributed by atoms with Crippen molar-refractivity contribution in [2.24, 2.45) is 4.99 Å². The third kappa shape index (κ3) is 7.63. The molecule has 0 amide bonds. The minimum Gasteiger partial charge on any atom is -0.497 e. The standard InChI is InChI=1S/C20H34N4O3.HI/c1-5-27-14-6-9-22-20(21-2)24-12-10-23(11-13-24)16-17-15-18(25-3)7-8-19(17)26-4;/h7-8,15H,5-6,9-14,16H2,1-4H3,(H,21,22);1H. The van der Waals surface area contributed by atoms with Crippen molar-refractivity contribution >= 4 is 29.9 Å². The first-order valence-corrected chi connectivity index (χ1v) is 9.68. The lowest BCUT2D eigenvalue weighted by Crippen LogP contribution is -2.52. The molecule has 7 nitrogen and oxygen atoms in total. The Balaban J connectivity index is 0.00000392. The lowest BCUT2D eigenvalue weighted by molar-refractivity contribution is 0.145. The number of guanidine groups is 1. The first-order chi connectivity index (χ1) is 13.2. The number of aliphatic imine (C=N–C) groups is 1. The Morgan fingerprint density at radius 1 is 1.14 bits per heavy atom. The van der Waals surface area contributed by atoms with Crippen molar-refractivity contribution in [2.75, 3.05) is 67.2 Å². The SMILES string of the molecule is CCOCCCNC(=NC)N1CCN(Cc2cc(OC)ccc2OC)CC1.I. The van der Waals surface area contributed by atoms with E-state index in [1.54, 1.807) is 14.2 Å². The molecule has 160 valence electrons. The molecule has 1 heterocycles. The zero-order valence-electron chi connectivity index (χ0n) is 17.6.